The number of aliphatic hydroxyl groups excluding tert-OH is 1. The Morgan fingerprint density at radius 2 is 1.89 bits per heavy atom. The number of aromatic nitrogens is 4. The van der Waals surface area contributed by atoms with Crippen LogP contribution in [0.25, 0.3) is 11.2 Å². The first-order valence-corrected chi connectivity index (χ1v) is 10.4. The predicted molar refractivity (Wildman–Crippen MR) is 102 cm³/mol. The summed E-state index contributed by atoms with van der Waals surface area (Å²) in [5.41, 5.74) is 1.09. The molecular formula is C17H27N4O5P. The fraction of sp³-hybridized carbons (Fsp3) is 0.588. The smallest absolute Gasteiger partial charge is 0.354 e. The van der Waals surface area contributed by atoms with Gasteiger partial charge in [0.05, 0.1) is 25.6 Å². The number of methoxy groups -OCH3 is 1. The van der Waals surface area contributed by atoms with Crippen molar-refractivity contribution >= 4 is 18.8 Å². The maximum atomic E-state index is 12.9. The van der Waals surface area contributed by atoms with E-state index in [4.69, 9.17) is 13.8 Å². The van der Waals surface area contributed by atoms with E-state index in [0.717, 1.165) is 0 Å². The van der Waals surface area contributed by atoms with Crippen molar-refractivity contribution in [1.82, 2.24) is 19.9 Å². The molecule has 0 aliphatic heterocycles. The molecule has 0 saturated heterocycles. The Labute approximate surface area is 158 Å². The van der Waals surface area contributed by atoms with Gasteiger partial charge in [0, 0.05) is 24.8 Å². The SMILES string of the molecule is COc1nc(CC(C=CP(=O)(OC(C)C)OC(C)C)CO)nc2nc[nH]c12. The fourth-order valence-corrected chi connectivity index (χ4v) is 4.25. The van der Waals surface area contributed by atoms with Crippen molar-refractivity contribution in [2.24, 2.45) is 5.92 Å². The van der Waals surface area contributed by atoms with E-state index in [0.29, 0.717) is 29.3 Å². The Morgan fingerprint density at radius 3 is 2.44 bits per heavy atom. The highest BCUT2D eigenvalue weighted by Gasteiger charge is 2.25. The minimum atomic E-state index is -3.42. The highest BCUT2D eigenvalue weighted by atomic mass is 31.2. The van der Waals surface area contributed by atoms with Crippen molar-refractivity contribution in [3.8, 4) is 5.88 Å². The molecule has 150 valence electrons. The van der Waals surface area contributed by atoms with Crippen LogP contribution in [0, 0.1) is 5.92 Å². The number of aliphatic hydroxyl groups is 1. The second-order valence-electron chi connectivity index (χ2n) is 6.59. The fourth-order valence-electron chi connectivity index (χ4n) is 2.43. The average molecular weight is 398 g/mol. The van der Waals surface area contributed by atoms with Crippen LogP contribution in [-0.2, 0) is 20.0 Å². The summed E-state index contributed by atoms with van der Waals surface area (Å²) in [6.45, 7) is 6.96. The molecule has 0 fully saturated rings. The van der Waals surface area contributed by atoms with E-state index < -0.39 is 7.60 Å². The monoisotopic (exact) mass is 398 g/mol. The topological polar surface area (TPSA) is 119 Å². The molecule has 2 aromatic heterocycles. The number of fused-ring (bicyclic) bond motifs is 1. The highest BCUT2D eigenvalue weighted by Crippen LogP contribution is 2.52. The van der Waals surface area contributed by atoms with Gasteiger partial charge in [-0.05, 0) is 27.7 Å². The number of aromatic amines is 1. The predicted octanol–water partition coefficient (Wildman–Crippen LogP) is 3.07. The van der Waals surface area contributed by atoms with Gasteiger partial charge in [-0.15, -0.1) is 0 Å². The van der Waals surface area contributed by atoms with Crippen molar-refractivity contribution in [3.05, 3.63) is 24.0 Å². The number of nitrogens with one attached hydrogen (secondary N) is 1. The van der Waals surface area contributed by atoms with Crippen LogP contribution in [0.2, 0.25) is 0 Å². The number of H-pyrrole nitrogens is 1. The summed E-state index contributed by atoms with van der Waals surface area (Å²) in [7, 11) is -1.91. The molecule has 2 rings (SSSR count). The third-order valence-corrected chi connectivity index (χ3v) is 5.40. The van der Waals surface area contributed by atoms with Crippen LogP contribution < -0.4 is 4.74 Å². The second kappa shape index (κ2) is 9.41. The van der Waals surface area contributed by atoms with Gasteiger partial charge >= 0.3 is 7.60 Å². The molecule has 27 heavy (non-hydrogen) atoms. The third-order valence-electron chi connectivity index (χ3n) is 3.43. The standard InChI is InChI=1S/C17H27N4O5P/c1-11(2)25-27(23,26-12(3)4)7-6-13(9-22)8-14-20-16-15(18-10-19-16)17(21-14)24-5/h6-7,10-13,22H,8-9H2,1-5H3,(H,18,19,20,21). The summed E-state index contributed by atoms with van der Waals surface area (Å²) in [5, 5.41) is 9.72. The van der Waals surface area contributed by atoms with Gasteiger partial charge in [-0.3, -0.25) is 4.57 Å². The van der Waals surface area contributed by atoms with Crippen molar-refractivity contribution in [2.75, 3.05) is 13.7 Å². The lowest BCUT2D eigenvalue weighted by molar-refractivity contribution is 0.149. The van der Waals surface area contributed by atoms with E-state index in [2.05, 4.69) is 19.9 Å². The molecule has 10 heteroatoms. The molecule has 9 nitrogen and oxygen atoms in total. The van der Waals surface area contributed by atoms with E-state index >= 15 is 0 Å². The molecule has 2 N–H and O–H groups in total. The molecular weight excluding hydrogens is 371 g/mol. The maximum absolute atomic E-state index is 12.9. The van der Waals surface area contributed by atoms with Gasteiger partial charge in [-0.1, -0.05) is 6.08 Å². The number of hydrogen-bond donors (Lipinski definition) is 2. The minimum Gasteiger partial charge on any atom is -0.479 e. The number of hydrogen-bond acceptors (Lipinski definition) is 8. The average Bonchev–Trinajstić information content (AvgIpc) is 3.04. The van der Waals surface area contributed by atoms with Crippen LogP contribution in [0.4, 0.5) is 0 Å². The van der Waals surface area contributed by atoms with E-state index in [1.54, 1.807) is 33.8 Å². The van der Waals surface area contributed by atoms with Crippen LogP contribution in [0.15, 0.2) is 18.2 Å². The van der Waals surface area contributed by atoms with Crippen LogP contribution in [0.1, 0.15) is 33.5 Å². The molecule has 2 heterocycles. The lowest BCUT2D eigenvalue weighted by Gasteiger charge is -2.20. The Hall–Kier alpha value is -1.80. The number of rotatable bonds is 10. The summed E-state index contributed by atoms with van der Waals surface area (Å²) < 4.78 is 29.1. The summed E-state index contributed by atoms with van der Waals surface area (Å²) >= 11 is 0. The lowest BCUT2D eigenvalue weighted by Crippen LogP contribution is -2.11. The number of ether oxygens (including phenoxy) is 1. The van der Waals surface area contributed by atoms with Crippen molar-refractivity contribution in [2.45, 2.75) is 46.3 Å². The van der Waals surface area contributed by atoms with Crippen LogP contribution in [0.3, 0.4) is 0 Å². The largest absolute Gasteiger partial charge is 0.479 e. The molecule has 0 bridgehead atoms. The van der Waals surface area contributed by atoms with Gasteiger partial charge in [0.2, 0.25) is 5.88 Å². The van der Waals surface area contributed by atoms with Gasteiger partial charge in [-0.25, -0.2) is 9.97 Å². The van der Waals surface area contributed by atoms with E-state index in [1.807, 2.05) is 0 Å². The molecule has 0 aromatic carbocycles. The van der Waals surface area contributed by atoms with Crippen LogP contribution in [-0.4, -0.2) is 51.0 Å². The molecule has 0 amide bonds. The summed E-state index contributed by atoms with van der Waals surface area (Å²) in [4.78, 5) is 15.7. The van der Waals surface area contributed by atoms with E-state index in [9.17, 15) is 9.67 Å². The quantitative estimate of drug-likeness (QED) is 0.586. The van der Waals surface area contributed by atoms with E-state index in [1.165, 1.54) is 19.3 Å². The van der Waals surface area contributed by atoms with Gasteiger partial charge in [0.1, 0.15) is 11.3 Å². The first-order valence-electron chi connectivity index (χ1n) is 8.77. The van der Waals surface area contributed by atoms with Gasteiger partial charge < -0.3 is 23.9 Å². The Balaban J connectivity index is 2.20. The van der Waals surface area contributed by atoms with Crippen molar-refractivity contribution in [3.63, 3.8) is 0 Å². The molecule has 1 unspecified atom stereocenters. The second-order valence-corrected chi connectivity index (χ2v) is 8.39. The summed E-state index contributed by atoms with van der Waals surface area (Å²) in [6, 6.07) is 0. The van der Waals surface area contributed by atoms with E-state index in [-0.39, 0.29) is 24.7 Å². The first-order chi connectivity index (χ1) is 12.8. The molecule has 0 aliphatic rings. The molecule has 0 radical (unpaired) electrons. The Bertz CT molecular complexity index is 807. The lowest BCUT2D eigenvalue weighted by atomic mass is 10.1. The minimum absolute atomic E-state index is 0.176. The molecule has 0 saturated carbocycles. The summed E-state index contributed by atoms with van der Waals surface area (Å²) in [5.74, 6) is 1.87. The van der Waals surface area contributed by atoms with Crippen molar-refractivity contribution < 1.29 is 23.5 Å². The zero-order chi connectivity index (χ0) is 20.0. The third kappa shape index (κ3) is 6.10. The van der Waals surface area contributed by atoms with Crippen LogP contribution in [0.5, 0.6) is 5.88 Å². The van der Waals surface area contributed by atoms with Gasteiger partial charge in [0.25, 0.3) is 0 Å². The highest BCUT2D eigenvalue weighted by molar-refractivity contribution is 7.57. The van der Waals surface area contributed by atoms with Crippen molar-refractivity contribution in [1.29, 1.82) is 0 Å². The molecule has 0 spiro atoms. The normalized spacial score (nSPS) is 13.9. The zero-order valence-corrected chi connectivity index (χ0v) is 17.1. The molecule has 0 aliphatic carbocycles. The first kappa shape index (κ1) is 21.5. The molecule has 2 aromatic rings. The number of nitrogens with zero attached hydrogens (tertiary/aromatic N) is 3. The Morgan fingerprint density at radius 1 is 1.22 bits per heavy atom. The maximum Gasteiger partial charge on any atom is 0.354 e. The summed E-state index contributed by atoms with van der Waals surface area (Å²) in [6.07, 6.45) is 2.92. The molecule has 1 atom stereocenters. The Kier molecular flexibility index (Phi) is 7.49. The number of imidazole rings is 1. The van der Waals surface area contributed by atoms with Gasteiger partial charge in [0.15, 0.2) is 5.65 Å². The van der Waals surface area contributed by atoms with Crippen LogP contribution >= 0.6 is 7.60 Å². The van der Waals surface area contributed by atoms with Gasteiger partial charge in [-0.2, -0.15) is 4.98 Å². The zero-order valence-electron chi connectivity index (χ0n) is 16.2.